The minimum Gasteiger partial charge on any atom is -0.507 e. The van der Waals surface area contributed by atoms with E-state index in [1.165, 1.54) is 24.3 Å². The molecule has 2 aromatic rings. The van der Waals surface area contributed by atoms with Gasteiger partial charge in [0.2, 0.25) is 0 Å². The molecule has 5 N–H and O–H groups in total. The number of aromatic carboxylic acids is 1. The molecule has 0 radical (unpaired) electrons. The molecule has 2 aromatic carbocycles. The fourth-order valence-electron chi connectivity index (χ4n) is 1.77. The lowest BCUT2D eigenvalue weighted by Gasteiger charge is -2.10. The largest absolute Gasteiger partial charge is 0.507 e. The minimum atomic E-state index is -1.27. The Hall–Kier alpha value is -3.09. The number of halogens is 1. The number of hydrogen-bond donors (Lipinski definition) is 4. The molecule has 0 saturated heterocycles. The van der Waals surface area contributed by atoms with Crippen LogP contribution in [0.5, 0.6) is 5.75 Å². The van der Waals surface area contributed by atoms with Gasteiger partial charge in [0.1, 0.15) is 17.1 Å². The van der Waals surface area contributed by atoms with E-state index in [0.717, 1.165) is 12.1 Å². The lowest BCUT2D eigenvalue weighted by atomic mass is 10.1. The van der Waals surface area contributed by atoms with Gasteiger partial charge in [0.25, 0.3) is 5.91 Å². The third kappa shape index (κ3) is 2.92. The van der Waals surface area contributed by atoms with E-state index in [1.54, 1.807) is 0 Å². The average molecular weight is 290 g/mol. The maximum Gasteiger partial charge on any atom is 0.337 e. The van der Waals surface area contributed by atoms with Crippen molar-refractivity contribution in [2.24, 2.45) is 0 Å². The molecule has 0 spiro atoms. The van der Waals surface area contributed by atoms with E-state index in [0.29, 0.717) is 0 Å². The molecule has 0 atom stereocenters. The highest BCUT2D eigenvalue weighted by atomic mass is 19.1. The van der Waals surface area contributed by atoms with Crippen molar-refractivity contribution >= 4 is 23.3 Å². The van der Waals surface area contributed by atoms with E-state index in [9.17, 15) is 19.1 Å². The van der Waals surface area contributed by atoms with E-state index in [-0.39, 0.29) is 16.9 Å². The fraction of sp³-hybridized carbons (Fsp3) is 0. The number of carbonyl (C=O) groups excluding carboxylic acids is 1. The van der Waals surface area contributed by atoms with E-state index >= 15 is 0 Å². The Labute approximate surface area is 118 Å². The van der Waals surface area contributed by atoms with Crippen molar-refractivity contribution in [3.05, 3.63) is 53.3 Å². The van der Waals surface area contributed by atoms with E-state index in [2.05, 4.69) is 5.32 Å². The predicted octanol–water partition coefficient (Wildman–Crippen LogP) is 2.06. The van der Waals surface area contributed by atoms with Crippen LogP contribution in [0, 0.1) is 5.82 Å². The van der Waals surface area contributed by atoms with Crippen molar-refractivity contribution in [1.82, 2.24) is 0 Å². The topological polar surface area (TPSA) is 113 Å². The molecule has 0 fully saturated rings. The van der Waals surface area contributed by atoms with Gasteiger partial charge in [0, 0.05) is 5.69 Å². The quantitative estimate of drug-likeness (QED) is 0.646. The van der Waals surface area contributed by atoms with Crippen molar-refractivity contribution in [3.63, 3.8) is 0 Å². The number of hydrogen-bond acceptors (Lipinski definition) is 4. The molecule has 0 unspecified atom stereocenters. The Morgan fingerprint density at radius 3 is 2.52 bits per heavy atom. The molecule has 0 aliphatic heterocycles. The molecular weight excluding hydrogens is 279 g/mol. The summed E-state index contributed by atoms with van der Waals surface area (Å²) < 4.78 is 13.6. The monoisotopic (exact) mass is 290 g/mol. The number of aromatic hydroxyl groups is 1. The Morgan fingerprint density at radius 2 is 1.90 bits per heavy atom. The number of carbonyl (C=O) groups is 2. The summed E-state index contributed by atoms with van der Waals surface area (Å²) >= 11 is 0. The normalized spacial score (nSPS) is 10.1. The van der Waals surface area contributed by atoms with Crippen LogP contribution in [0.25, 0.3) is 0 Å². The Kier molecular flexibility index (Phi) is 3.75. The van der Waals surface area contributed by atoms with Crippen molar-refractivity contribution < 1.29 is 24.2 Å². The van der Waals surface area contributed by atoms with Crippen LogP contribution >= 0.6 is 0 Å². The molecule has 0 bridgehead atoms. The van der Waals surface area contributed by atoms with Crippen LogP contribution in [0.15, 0.2) is 36.4 Å². The standard InChI is InChI=1S/C14H11FN2O4/c15-9-2-1-3-11(18)12(9)13(19)17-10-6-7(16)4-5-8(10)14(20)21/h1-6,18H,16H2,(H,17,19)(H,20,21). The van der Waals surface area contributed by atoms with Crippen LogP contribution < -0.4 is 11.1 Å². The average Bonchev–Trinajstić information content (AvgIpc) is 2.38. The zero-order valence-electron chi connectivity index (χ0n) is 10.6. The van der Waals surface area contributed by atoms with Crippen molar-refractivity contribution in [1.29, 1.82) is 0 Å². The maximum atomic E-state index is 13.6. The number of benzene rings is 2. The molecule has 108 valence electrons. The third-order valence-electron chi connectivity index (χ3n) is 2.74. The highest BCUT2D eigenvalue weighted by Gasteiger charge is 2.19. The first-order chi connectivity index (χ1) is 9.90. The number of carboxylic acids is 1. The first kappa shape index (κ1) is 14.3. The zero-order chi connectivity index (χ0) is 15.6. The Morgan fingerprint density at radius 1 is 1.19 bits per heavy atom. The third-order valence-corrected chi connectivity index (χ3v) is 2.74. The maximum absolute atomic E-state index is 13.6. The molecule has 2 rings (SSSR count). The molecule has 6 nitrogen and oxygen atoms in total. The summed E-state index contributed by atoms with van der Waals surface area (Å²) in [7, 11) is 0. The molecule has 0 aromatic heterocycles. The lowest BCUT2D eigenvalue weighted by molar-refractivity contribution is 0.0698. The summed E-state index contributed by atoms with van der Waals surface area (Å²) in [6, 6.07) is 7.21. The molecule has 0 aliphatic carbocycles. The molecule has 0 heterocycles. The number of anilines is 2. The SMILES string of the molecule is Nc1ccc(C(=O)O)c(NC(=O)c2c(O)cccc2F)c1. The van der Waals surface area contributed by atoms with Crippen LogP contribution in [0.2, 0.25) is 0 Å². The van der Waals surface area contributed by atoms with Crippen molar-refractivity contribution in [2.45, 2.75) is 0 Å². The Bertz CT molecular complexity index is 711. The molecule has 0 saturated carbocycles. The van der Waals surface area contributed by atoms with Crippen LogP contribution in [-0.4, -0.2) is 22.1 Å². The number of amides is 1. The van der Waals surface area contributed by atoms with Gasteiger partial charge in [-0.3, -0.25) is 4.79 Å². The van der Waals surface area contributed by atoms with Gasteiger partial charge in [-0.1, -0.05) is 6.07 Å². The van der Waals surface area contributed by atoms with Gasteiger partial charge in [-0.2, -0.15) is 0 Å². The molecule has 7 heteroatoms. The first-order valence-corrected chi connectivity index (χ1v) is 5.82. The van der Waals surface area contributed by atoms with Gasteiger partial charge in [0.05, 0.1) is 11.3 Å². The Balaban J connectivity index is 2.40. The second kappa shape index (κ2) is 5.49. The van der Waals surface area contributed by atoms with Gasteiger partial charge in [-0.15, -0.1) is 0 Å². The first-order valence-electron chi connectivity index (χ1n) is 5.82. The van der Waals surface area contributed by atoms with Gasteiger partial charge in [0.15, 0.2) is 0 Å². The van der Waals surface area contributed by atoms with Crippen LogP contribution in [0.1, 0.15) is 20.7 Å². The molecular formula is C14H11FN2O4. The second-order valence-corrected chi connectivity index (χ2v) is 4.20. The summed E-state index contributed by atoms with van der Waals surface area (Å²) in [5.41, 5.74) is 4.90. The fourth-order valence-corrected chi connectivity index (χ4v) is 1.77. The highest BCUT2D eigenvalue weighted by molar-refractivity contribution is 6.09. The summed E-state index contributed by atoms with van der Waals surface area (Å²) in [6.07, 6.45) is 0. The summed E-state index contributed by atoms with van der Waals surface area (Å²) in [6.45, 7) is 0. The second-order valence-electron chi connectivity index (χ2n) is 4.20. The highest BCUT2D eigenvalue weighted by Crippen LogP contribution is 2.24. The zero-order valence-corrected chi connectivity index (χ0v) is 10.6. The minimum absolute atomic E-state index is 0.0878. The van der Waals surface area contributed by atoms with E-state index in [4.69, 9.17) is 10.8 Å². The summed E-state index contributed by atoms with van der Waals surface area (Å²) in [4.78, 5) is 23.1. The van der Waals surface area contributed by atoms with Crippen molar-refractivity contribution in [2.75, 3.05) is 11.1 Å². The van der Waals surface area contributed by atoms with Gasteiger partial charge in [-0.05, 0) is 30.3 Å². The number of phenolic OH excluding ortho intramolecular Hbond substituents is 1. The number of nitrogen functional groups attached to an aromatic ring is 1. The number of nitrogens with two attached hydrogens (primary N) is 1. The molecule has 1 amide bonds. The number of rotatable bonds is 3. The van der Waals surface area contributed by atoms with Crippen LogP contribution in [0.4, 0.5) is 15.8 Å². The van der Waals surface area contributed by atoms with Gasteiger partial charge in [-0.25, -0.2) is 9.18 Å². The van der Waals surface area contributed by atoms with Gasteiger partial charge >= 0.3 is 5.97 Å². The van der Waals surface area contributed by atoms with Crippen molar-refractivity contribution in [3.8, 4) is 5.75 Å². The van der Waals surface area contributed by atoms with Crippen LogP contribution in [0.3, 0.4) is 0 Å². The van der Waals surface area contributed by atoms with Crippen LogP contribution in [-0.2, 0) is 0 Å². The summed E-state index contributed by atoms with van der Waals surface area (Å²) in [5, 5.41) is 20.8. The smallest absolute Gasteiger partial charge is 0.337 e. The van der Waals surface area contributed by atoms with E-state index < -0.39 is 29.0 Å². The number of nitrogens with one attached hydrogen (secondary N) is 1. The summed E-state index contributed by atoms with van der Waals surface area (Å²) in [5.74, 6) is -3.72. The lowest BCUT2D eigenvalue weighted by Crippen LogP contribution is -2.16. The number of carboxylic acid groups (broad SMARTS) is 1. The van der Waals surface area contributed by atoms with Gasteiger partial charge < -0.3 is 21.3 Å². The molecule has 21 heavy (non-hydrogen) atoms. The van der Waals surface area contributed by atoms with E-state index in [1.807, 2.05) is 0 Å². The predicted molar refractivity (Wildman–Crippen MR) is 73.8 cm³/mol. The molecule has 0 aliphatic rings. The number of phenols is 1.